The second-order valence-corrected chi connectivity index (χ2v) is 6.89. The lowest BCUT2D eigenvalue weighted by molar-refractivity contribution is 0.0413. The van der Waals surface area contributed by atoms with E-state index in [9.17, 15) is 0 Å². The van der Waals surface area contributed by atoms with Gasteiger partial charge in [0.25, 0.3) is 0 Å². The van der Waals surface area contributed by atoms with Crippen molar-refractivity contribution in [2.45, 2.75) is 32.6 Å². The van der Waals surface area contributed by atoms with Crippen LogP contribution in [0.4, 0.5) is 0 Å². The molecule has 3 bridgehead atoms. The van der Waals surface area contributed by atoms with E-state index < -0.39 is 0 Å². The minimum Gasteiger partial charge on any atom is -0.0588 e. The van der Waals surface area contributed by atoms with Gasteiger partial charge in [0.15, 0.2) is 0 Å². The molecule has 8 unspecified atom stereocenters. The first kappa shape index (κ1) is 6.48. The molecule has 5 aliphatic carbocycles. The van der Waals surface area contributed by atoms with Crippen molar-refractivity contribution in [1.29, 1.82) is 0 Å². The Kier molecular flexibility index (Phi) is 0.753. The second kappa shape index (κ2) is 1.51. The Hall–Kier alpha value is 0. The van der Waals surface area contributed by atoms with E-state index in [1.165, 1.54) is 41.4 Å². The summed E-state index contributed by atoms with van der Waals surface area (Å²) in [6.07, 6.45) is 6.57. The van der Waals surface area contributed by atoms with Crippen molar-refractivity contribution in [2.75, 3.05) is 0 Å². The van der Waals surface area contributed by atoms with Crippen LogP contribution in [0.3, 0.4) is 0 Å². The fraction of sp³-hybridized carbons (Fsp3) is 1.00. The predicted octanol–water partition coefficient (Wildman–Crippen LogP) is 2.93. The summed E-state index contributed by atoms with van der Waals surface area (Å²) < 4.78 is 0. The zero-order valence-corrected chi connectivity index (χ0v) is 8.37. The van der Waals surface area contributed by atoms with E-state index >= 15 is 0 Å². The van der Waals surface area contributed by atoms with E-state index in [2.05, 4.69) is 6.92 Å². The summed E-state index contributed by atoms with van der Waals surface area (Å²) in [5.41, 5.74) is 0.860. The first-order valence-corrected chi connectivity index (χ1v) is 6.30. The van der Waals surface area contributed by atoms with Crippen LogP contribution in [0.5, 0.6) is 0 Å². The molecule has 0 spiro atoms. The van der Waals surface area contributed by atoms with Crippen molar-refractivity contribution in [3.05, 3.63) is 0 Å². The van der Waals surface area contributed by atoms with Crippen molar-refractivity contribution in [1.82, 2.24) is 0 Å². The fourth-order valence-corrected chi connectivity index (χ4v) is 6.75. The molecule has 0 heteroatoms. The van der Waals surface area contributed by atoms with Gasteiger partial charge in [-0.25, -0.2) is 0 Å². The molecule has 5 rings (SSSR count). The van der Waals surface area contributed by atoms with Gasteiger partial charge in [-0.3, -0.25) is 0 Å². The molecule has 0 aromatic carbocycles. The average Bonchev–Trinajstić information content (AvgIpc) is 2.67. The maximum Gasteiger partial charge on any atom is -0.0235 e. The molecule has 0 radical (unpaired) electrons. The highest BCUT2D eigenvalue weighted by Gasteiger charge is 2.78. The van der Waals surface area contributed by atoms with E-state index in [1.54, 1.807) is 25.7 Å². The third-order valence-electron chi connectivity index (χ3n) is 7.09. The molecule has 13 heavy (non-hydrogen) atoms. The van der Waals surface area contributed by atoms with Gasteiger partial charge < -0.3 is 0 Å². The van der Waals surface area contributed by atoms with E-state index in [-0.39, 0.29) is 0 Å². The summed E-state index contributed by atoms with van der Waals surface area (Å²) in [6.45, 7) is 2.67. The topological polar surface area (TPSA) is 0 Å². The lowest BCUT2D eigenvalue weighted by Crippen LogP contribution is -2.38. The largest absolute Gasteiger partial charge is 0.0588 e. The zero-order chi connectivity index (χ0) is 8.37. The van der Waals surface area contributed by atoms with Crippen LogP contribution in [0.2, 0.25) is 0 Å². The minimum atomic E-state index is 0.860. The van der Waals surface area contributed by atoms with Crippen LogP contribution in [-0.2, 0) is 0 Å². The first-order valence-electron chi connectivity index (χ1n) is 6.30. The third-order valence-corrected chi connectivity index (χ3v) is 7.09. The average molecular weight is 174 g/mol. The number of hydrogen-bond acceptors (Lipinski definition) is 0. The number of hydrogen-bond donors (Lipinski definition) is 0. The Morgan fingerprint density at radius 2 is 1.62 bits per heavy atom. The molecule has 5 saturated carbocycles. The Morgan fingerprint density at radius 3 is 2.38 bits per heavy atom. The SMILES string of the molecule is CC12C3CC4CC1CC1C(C4C3)C12. The normalized spacial score (nSPS) is 80.5. The number of rotatable bonds is 0. The van der Waals surface area contributed by atoms with Crippen LogP contribution in [0.25, 0.3) is 0 Å². The van der Waals surface area contributed by atoms with Crippen molar-refractivity contribution >= 4 is 0 Å². The molecule has 70 valence electrons. The lowest BCUT2D eigenvalue weighted by Gasteiger charge is -2.44. The minimum absolute atomic E-state index is 0.860. The molecule has 5 fully saturated rings. The summed E-state index contributed by atoms with van der Waals surface area (Å²) >= 11 is 0. The summed E-state index contributed by atoms with van der Waals surface area (Å²) in [5.74, 6) is 8.48. The molecule has 0 aromatic rings. The van der Waals surface area contributed by atoms with Crippen molar-refractivity contribution in [3.63, 3.8) is 0 Å². The maximum atomic E-state index is 2.67. The smallest absolute Gasteiger partial charge is 0.0235 e. The molecule has 8 atom stereocenters. The van der Waals surface area contributed by atoms with Crippen molar-refractivity contribution in [3.8, 4) is 0 Å². The van der Waals surface area contributed by atoms with Gasteiger partial charge in [0.1, 0.15) is 0 Å². The predicted molar refractivity (Wildman–Crippen MR) is 51.0 cm³/mol. The highest BCUT2D eigenvalue weighted by atomic mass is 14.8. The lowest BCUT2D eigenvalue weighted by atomic mass is 9.60. The molecule has 0 amide bonds. The van der Waals surface area contributed by atoms with Crippen molar-refractivity contribution in [2.24, 2.45) is 46.8 Å². The van der Waals surface area contributed by atoms with Gasteiger partial charge in [-0.15, -0.1) is 0 Å². The molecule has 0 saturated heterocycles. The van der Waals surface area contributed by atoms with Gasteiger partial charge in [-0.2, -0.15) is 0 Å². The maximum absolute atomic E-state index is 2.67. The third kappa shape index (κ3) is 0.444. The van der Waals surface area contributed by atoms with Gasteiger partial charge >= 0.3 is 0 Å². The molecule has 5 aliphatic rings. The van der Waals surface area contributed by atoms with Gasteiger partial charge in [0, 0.05) is 0 Å². The molecule has 0 N–H and O–H groups in total. The molecule has 0 aromatic heterocycles. The quantitative estimate of drug-likeness (QED) is 0.529. The van der Waals surface area contributed by atoms with Crippen LogP contribution in [0, 0.1) is 46.8 Å². The van der Waals surface area contributed by atoms with E-state index in [0.717, 1.165) is 5.41 Å². The first-order chi connectivity index (χ1) is 6.30. The van der Waals surface area contributed by atoms with Crippen LogP contribution < -0.4 is 0 Å². The summed E-state index contributed by atoms with van der Waals surface area (Å²) in [7, 11) is 0. The van der Waals surface area contributed by atoms with Crippen LogP contribution in [0.15, 0.2) is 0 Å². The summed E-state index contributed by atoms with van der Waals surface area (Å²) in [6, 6.07) is 0. The van der Waals surface area contributed by atoms with E-state index in [1.807, 2.05) is 0 Å². The monoisotopic (exact) mass is 174 g/mol. The standard InChI is InChI=1S/C13H18/c1-13-7-2-6-3-8(13)5-10-11(12(10)13)9(6)4-7/h6-12H,2-5H2,1H3. The number of fused-ring (bicyclic) bond motifs is 5. The summed E-state index contributed by atoms with van der Waals surface area (Å²) in [5, 5.41) is 0. The van der Waals surface area contributed by atoms with Gasteiger partial charge in [0.05, 0.1) is 0 Å². The molecular weight excluding hydrogens is 156 g/mol. The van der Waals surface area contributed by atoms with Gasteiger partial charge in [0.2, 0.25) is 0 Å². The molecule has 0 heterocycles. The Morgan fingerprint density at radius 1 is 0.923 bits per heavy atom. The molecular formula is C13H18. The Labute approximate surface area is 80.1 Å². The van der Waals surface area contributed by atoms with Crippen LogP contribution >= 0.6 is 0 Å². The zero-order valence-electron chi connectivity index (χ0n) is 8.37. The molecule has 0 nitrogen and oxygen atoms in total. The summed E-state index contributed by atoms with van der Waals surface area (Å²) in [4.78, 5) is 0. The fourth-order valence-electron chi connectivity index (χ4n) is 6.75. The molecule has 0 aliphatic heterocycles. The van der Waals surface area contributed by atoms with Gasteiger partial charge in [-0.1, -0.05) is 6.92 Å². The Balaban J connectivity index is 1.83. The highest BCUT2D eigenvalue weighted by Crippen LogP contribution is 2.84. The second-order valence-electron chi connectivity index (χ2n) is 6.89. The Bertz CT molecular complexity index is 296. The van der Waals surface area contributed by atoms with E-state index in [0.29, 0.717) is 0 Å². The highest BCUT2D eigenvalue weighted by molar-refractivity contribution is 5.26. The van der Waals surface area contributed by atoms with Crippen LogP contribution in [-0.4, -0.2) is 0 Å². The van der Waals surface area contributed by atoms with E-state index in [4.69, 9.17) is 0 Å². The van der Waals surface area contributed by atoms with Crippen molar-refractivity contribution < 1.29 is 0 Å². The van der Waals surface area contributed by atoms with Crippen LogP contribution in [0.1, 0.15) is 32.6 Å². The van der Waals surface area contributed by atoms with Gasteiger partial charge in [-0.05, 0) is 72.5 Å².